The van der Waals surface area contributed by atoms with E-state index in [0.29, 0.717) is 42.4 Å². The molecule has 0 spiro atoms. The van der Waals surface area contributed by atoms with Gasteiger partial charge in [-0.25, -0.2) is 0 Å². The zero-order valence-corrected chi connectivity index (χ0v) is 21.9. The van der Waals surface area contributed by atoms with Crippen molar-refractivity contribution in [1.82, 2.24) is 0 Å². The number of hydrogen-bond acceptors (Lipinski definition) is 1. The highest BCUT2D eigenvalue weighted by Crippen LogP contribution is 2.62. The lowest BCUT2D eigenvalue weighted by molar-refractivity contribution is -0.449. The number of carbonyl (C=O) groups excluding carboxylic acids is 1. The summed E-state index contributed by atoms with van der Waals surface area (Å²) in [7, 11) is 0. The normalized spacial score (nSPS) is 20.1. The van der Waals surface area contributed by atoms with Gasteiger partial charge in [-0.05, 0) is 30.2 Å². The van der Waals surface area contributed by atoms with Crippen LogP contribution in [0.25, 0.3) is 0 Å². The zero-order valence-electron chi connectivity index (χ0n) is 21.9. The van der Waals surface area contributed by atoms with E-state index >= 15 is 0 Å². The molecule has 1 nitrogen and oxygen atoms in total. The van der Waals surface area contributed by atoms with Gasteiger partial charge in [-0.2, -0.15) is 65.9 Å². The fraction of sp³-hybridized carbons (Fsp3) is 0.731. The minimum atomic E-state index is -8.43. The molecule has 1 saturated carbocycles. The number of hydrogen-bond donors (Lipinski definition) is 0. The summed E-state index contributed by atoms with van der Waals surface area (Å²) in [5.74, 6) is -50.3. The zero-order chi connectivity index (χ0) is 32.6. The monoisotopic (exact) mass is 640 g/mol. The molecule has 0 N–H and O–H groups in total. The number of unbranched alkanes of at least 4 members (excludes halogenated alkanes) is 1. The minimum Gasteiger partial charge on any atom is -0.287 e. The predicted octanol–water partition coefficient (Wildman–Crippen LogP) is 10.2. The lowest BCUT2D eigenvalue weighted by Crippen LogP contribution is -2.73. The van der Waals surface area contributed by atoms with Crippen LogP contribution in [-0.4, -0.2) is 47.5 Å². The average Bonchev–Trinajstić information content (AvgIpc) is 2.89. The Hall–Kier alpha value is -2.16. The first-order chi connectivity index (χ1) is 18.9. The fourth-order valence-corrected chi connectivity index (χ4v) is 4.79. The first kappa shape index (κ1) is 36.0. The second-order valence-electron chi connectivity index (χ2n) is 10.5. The summed E-state index contributed by atoms with van der Waals surface area (Å²) in [6.07, 6.45) is 0.486. The second-order valence-corrected chi connectivity index (χ2v) is 10.5. The number of Topliss-reactive ketones (excluding diaryl/α,β-unsaturated/α-hetero) is 1. The van der Waals surface area contributed by atoms with E-state index in [4.69, 9.17) is 0 Å². The van der Waals surface area contributed by atoms with Crippen LogP contribution in [0.2, 0.25) is 0 Å². The van der Waals surface area contributed by atoms with Crippen LogP contribution in [0.3, 0.4) is 0 Å². The molecule has 0 atom stereocenters. The molecule has 0 aliphatic heterocycles. The number of aryl methyl sites for hydroxylation is 1. The summed E-state index contributed by atoms with van der Waals surface area (Å²) in [5.41, 5.74) is -1.08. The molecule has 16 heteroatoms. The van der Waals surface area contributed by atoms with Crippen molar-refractivity contribution < 1.29 is 70.7 Å². The minimum absolute atomic E-state index is 0.318. The standard InChI is InChI=1S/C26H27F15O/c1-2-3-4-15-5-7-16(8-6-15)9-10-17-11-13-18(14-12-17)19(42)20(27,28)21(29,30)22(31,32)23(33,34)24(35,36)25(37,38)26(39,40)41/h11-16H,2-10H2,1H3. The summed E-state index contributed by atoms with van der Waals surface area (Å²) in [6, 6.07) is 2.84. The Bertz CT molecular complexity index is 1050. The number of rotatable bonds is 13. The molecule has 0 amide bonds. The summed E-state index contributed by atoms with van der Waals surface area (Å²) in [6.45, 7) is 2.08. The molecule has 0 bridgehead atoms. The average molecular weight is 640 g/mol. The number of ketones is 1. The molecule has 0 saturated heterocycles. The van der Waals surface area contributed by atoms with Crippen molar-refractivity contribution in [1.29, 1.82) is 0 Å². The Kier molecular flexibility index (Phi) is 10.4. The molecule has 0 radical (unpaired) electrons. The number of benzene rings is 1. The van der Waals surface area contributed by atoms with E-state index in [2.05, 4.69) is 6.92 Å². The maximum absolute atomic E-state index is 14.3. The lowest BCUT2D eigenvalue weighted by atomic mass is 9.78. The topological polar surface area (TPSA) is 17.1 Å². The van der Waals surface area contributed by atoms with Crippen LogP contribution < -0.4 is 0 Å². The third-order valence-electron chi connectivity index (χ3n) is 7.60. The van der Waals surface area contributed by atoms with Gasteiger partial charge in [-0.1, -0.05) is 76.1 Å². The van der Waals surface area contributed by atoms with Gasteiger partial charge in [0.15, 0.2) is 0 Å². The van der Waals surface area contributed by atoms with E-state index < -0.39 is 53.1 Å². The van der Waals surface area contributed by atoms with E-state index in [1.807, 2.05) is 0 Å². The maximum atomic E-state index is 14.3. The smallest absolute Gasteiger partial charge is 0.287 e. The van der Waals surface area contributed by atoms with E-state index in [0.717, 1.165) is 57.1 Å². The first-order valence-electron chi connectivity index (χ1n) is 12.9. The fourth-order valence-electron chi connectivity index (χ4n) is 4.79. The van der Waals surface area contributed by atoms with Gasteiger partial charge in [-0.3, -0.25) is 4.79 Å². The van der Waals surface area contributed by atoms with Gasteiger partial charge in [0, 0.05) is 5.56 Å². The van der Waals surface area contributed by atoms with Gasteiger partial charge in [0.1, 0.15) is 0 Å². The van der Waals surface area contributed by atoms with E-state index in [1.54, 1.807) is 0 Å². The quantitative estimate of drug-likeness (QED) is 0.155. The van der Waals surface area contributed by atoms with Crippen molar-refractivity contribution in [2.24, 2.45) is 11.8 Å². The number of halogens is 15. The van der Waals surface area contributed by atoms with Crippen molar-refractivity contribution in [3.63, 3.8) is 0 Å². The Balaban J connectivity index is 2.20. The molecule has 1 aliphatic carbocycles. The van der Waals surface area contributed by atoms with Crippen molar-refractivity contribution >= 4 is 5.78 Å². The Morgan fingerprint density at radius 3 is 1.45 bits per heavy atom. The van der Waals surface area contributed by atoms with Gasteiger partial charge in [-0.15, -0.1) is 0 Å². The molecule has 42 heavy (non-hydrogen) atoms. The van der Waals surface area contributed by atoms with Crippen molar-refractivity contribution in [3.05, 3.63) is 35.4 Å². The molecule has 1 aromatic carbocycles. The van der Waals surface area contributed by atoms with Gasteiger partial charge < -0.3 is 0 Å². The third-order valence-corrected chi connectivity index (χ3v) is 7.60. The molecule has 1 aliphatic rings. The van der Waals surface area contributed by atoms with Gasteiger partial charge in [0.25, 0.3) is 0 Å². The molecule has 1 fully saturated rings. The van der Waals surface area contributed by atoms with Gasteiger partial charge in [0.2, 0.25) is 5.78 Å². The van der Waals surface area contributed by atoms with Crippen LogP contribution in [0.5, 0.6) is 0 Å². The van der Waals surface area contributed by atoms with E-state index in [-0.39, 0.29) is 0 Å². The lowest BCUT2D eigenvalue weighted by Gasteiger charge is -2.41. The molecule has 0 heterocycles. The highest BCUT2D eigenvalue weighted by atomic mass is 19.4. The largest absolute Gasteiger partial charge is 0.460 e. The highest BCUT2D eigenvalue weighted by molar-refractivity contribution is 6.02. The maximum Gasteiger partial charge on any atom is 0.460 e. The molecule has 0 unspecified atom stereocenters. The van der Waals surface area contributed by atoms with Gasteiger partial charge >= 0.3 is 41.7 Å². The second kappa shape index (κ2) is 12.1. The van der Waals surface area contributed by atoms with Crippen LogP contribution >= 0.6 is 0 Å². The molecular weight excluding hydrogens is 613 g/mol. The predicted molar refractivity (Wildman–Crippen MR) is 120 cm³/mol. The van der Waals surface area contributed by atoms with Crippen LogP contribution in [0.15, 0.2) is 24.3 Å². The van der Waals surface area contributed by atoms with Crippen molar-refractivity contribution in [3.8, 4) is 0 Å². The van der Waals surface area contributed by atoms with Crippen molar-refractivity contribution in [2.75, 3.05) is 0 Å². The molecular formula is C26H27F15O. The van der Waals surface area contributed by atoms with Crippen molar-refractivity contribution in [2.45, 2.75) is 106 Å². The molecule has 2 rings (SSSR count). The Morgan fingerprint density at radius 1 is 0.619 bits per heavy atom. The van der Waals surface area contributed by atoms with Gasteiger partial charge in [0.05, 0.1) is 0 Å². The summed E-state index contributed by atoms with van der Waals surface area (Å²) < 4.78 is 201. The van der Waals surface area contributed by atoms with Crippen LogP contribution in [0, 0.1) is 11.8 Å². The number of carbonyl (C=O) groups is 1. The van der Waals surface area contributed by atoms with Crippen LogP contribution in [-0.2, 0) is 6.42 Å². The van der Waals surface area contributed by atoms with E-state index in [1.165, 1.54) is 0 Å². The third kappa shape index (κ3) is 6.22. The first-order valence-corrected chi connectivity index (χ1v) is 12.9. The highest BCUT2D eigenvalue weighted by Gasteiger charge is 2.93. The summed E-state index contributed by atoms with van der Waals surface area (Å²) in [4.78, 5) is 12.0. The molecule has 1 aromatic rings. The molecule has 0 aromatic heterocycles. The summed E-state index contributed by atoms with van der Waals surface area (Å²) in [5, 5.41) is 0. The Labute approximate surface area is 230 Å². The summed E-state index contributed by atoms with van der Waals surface area (Å²) >= 11 is 0. The number of alkyl halides is 15. The SMILES string of the molecule is CCCCC1CCC(CCc2ccc(C(=O)C(F)(F)C(F)(F)C(F)(F)C(F)(F)C(F)(F)C(F)(F)C(F)(F)F)cc2)CC1. The van der Waals surface area contributed by atoms with E-state index in [9.17, 15) is 70.7 Å². The van der Waals surface area contributed by atoms with Crippen LogP contribution in [0.4, 0.5) is 65.9 Å². The molecule has 242 valence electrons. The Morgan fingerprint density at radius 2 is 1.02 bits per heavy atom. The van der Waals surface area contributed by atoms with Crippen LogP contribution in [0.1, 0.15) is 74.2 Å².